The standard InChI is InChI=1S/C31H26ClN3O4/c1-20(33-27-19-22(32)11-18-28(27)39-26-7-5-4-6-8-26)29-30(21-9-14-24(37-2)15-10-21)34-35(31(29)36)23-12-16-25(38-3)17-13-23/h4-19,34H,1-3H3. The molecule has 0 saturated heterocycles. The molecule has 7 nitrogen and oxygen atoms in total. The van der Waals surface area contributed by atoms with E-state index in [1.54, 1.807) is 51.5 Å². The van der Waals surface area contributed by atoms with Crippen LogP contribution in [-0.4, -0.2) is 29.7 Å². The molecule has 0 aliphatic heterocycles. The molecule has 0 aliphatic rings. The van der Waals surface area contributed by atoms with Crippen LogP contribution in [0.2, 0.25) is 5.02 Å². The molecule has 0 radical (unpaired) electrons. The van der Waals surface area contributed by atoms with Crippen molar-refractivity contribution in [3.05, 3.63) is 118 Å². The van der Waals surface area contributed by atoms with E-state index in [-0.39, 0.29) is 5.56 Å². The largest absolute Gasteiger partial charge is 0.497 e. The Labute approximate surface area is 230 Å². The summed E-state index contributed by atoms with van der Waals surface area (Å²) in [6, 6.07) is 29.3. The summed E-state index contributed by atoms with van der Waals surface area (Å²) >= 11 is 6.33. The maximum absolute atomic E-state index is 13.9. The smallest absolute Gasteiger partial charge is 0.280 e. The molecule has 0 saturated carbocycles. The average Bonchev–Trinajstić information content (AvgIpc) is 3.32. The second kappa shape index (κ2) is 11.3. The fraction of sp³-hybridized carbons (Fsp3) is 0.0968. The van der Waals surface area contributed by atoms with E-state index in [4.69, 9.17) is 30.8 Å². The highest BCUT2D eigenvalue weighted by atomic mass is 35.5. The van der Waals surface area contributed by atoms with Gasteiger partial charge in [-0.1, -0.05) is 29.8 Å². The SMILES string of the molecule is COc1ccc(-c2[nH]n(-c3ccc(OC)cc3)c(=O)c2C(C)=Nc2cc(Cl)ccc2Oc2ccccc2)cc1. The van der Waals surface area contributed by atoms with Crippen LogP contribution in [0.1, 0.15) is 12.5 Å². The zero-order chi connectivity index (χ0) is 27.4. The highest BCUT2D eigenvalue weighted by Gasteiger charge is 2.20. The van der Waals surface area contributed by atoms with E-state index in [2.05, 4.69) is 5.10 Å². The first-order chi connectivity index (χ1) is 19.0. The van der Waals surface area contributed by atoms with E-state index in [0.29, 0.717) is 56.4 Å². The minimum Gasteiger partial charge on any atom is -0.497 e. The van der Waals surface area contributed by atoms with Gasteiger partial charge in [0.15, 0.2) is 5.75 Å². The van der Waals surface area contributed by atoms with Crippen molar-refractivity contribution in [3.8, 4) is 39.9 Å². The van der Waals surface area contributed by atoms with Gasteiger partial charge in [-0.25, -0.2) is 9.67 Å². The third kappa shape index (κ3) is 5.58. The van der Waals surface area contributed by atoms with Gasteiger partial charge in [0.25, 0.3) is 5.56 Å². The first-order valence-electron chi connectivity index (χ1n) is 12.2. The fourth-order valence-corrected chi connectivity index (χ4v) is 4.34. The van der Waals surface area contributed by atoms with E-state index < -0.39 is 0 Å². The van der Waals surface area contributed by atoms with E-state index in [1.165, 1.54) is 4.68 Å². The van der Waals surface area contributed by atoms with E-state index in [9.17, 15) is 4.79 Å². The molecule has 196 valence electrons. The molecular weight excluding hydrogens is 514 g/mol. The second-order valence-electron chi connectivity index (χ2n) is 8.65. The zero-order valence-electron chi connectivity index (χ0n) is 21.6. The van der Waals surface area contributed by atoms with Gasteiger partial charge in [0.1, 0.15) is 22.9 Å². The summed E-state index contributed by atoms with van der Waals surface area (Å²) in [5.41, 5.74) is 3.24. The summed E-state index contributed by atoms with van der Waals surface area (Å²) in [7, 11) is 3.21. The Morgan fingerprint density at radius 1 is 0.821 bits per heavy atom. The van der Waals surface area contributed by atoms with Crippen molar-refractivity contribution in [2.75, 3.05) is 14.2 Å². The molecule has 5 aromatic rings. The Hall–Kier alpha value is -4.75. The Morgan fingerprint density at radius 3 is 2.10 bits per heavy atom. The Balaban J connectivity index is 1.64. The number of methoxy groups -OCH3 is 2. The molecule has 0 bridgehead atoms. The number of benzene rings is 4. The van der Waals surface area contributed by atoms with Gasteiger partial charge in [0.2, 0.25) is 0 Å². The summed E-state index contributed by atoms with van der Waals surface area (Å²) in [6.45, 7) is 1.79. The van der Waals surface area contributed by atoms with Gasteiger partial charge in [0.05, 0.1) is 36.9 Å². The number of rotatable bonds is 8. The number of para-hydroxylation sites is 1. The van der Waals surface area contributed by atoms with Crippen molar-refractivity contribution in [2.45, 2.75) is 6.92 Å². The van der Waals surface area contributed by atoms with E-state index >= 15 is 0 Å². The lowest BCUT2D eigenvalue weighted by Gasteiger charge is -2.10. The van der Waals surface area contributed by atoms with Crippen LogP contribution in [0.25, 0.3) is 16.9 Å². The highest BCUT2D eigenvalue weighted by molar-refractivity contribution is 6.31. The molecule has 0 spiro atoms. The predicted octanol–water partition coefficient (Wildman–Crippen LogP) is 7.44. The number of nitrogens with zero attached hydrogens (tertiary/aromatic N) is 2. The lowest BCUT2D eigenvalue weighted by Crippen LogP contribution is -2.19. The van der Waals surface area contributed by atoms with Gasteiger partial charge in [-0.3, -0.25) is 9.89 Å². The van der Waals surface area contributed by atoms with Crippen LogP contribution in [-0.2, 0) is 0 Å². The molecule has 0 aliphatic carbocycles. The molecule has 1 N–H and O–H groups in total. The minimum atomic E-state index is -0.250. The number of aromatic amines is 1. The molecule has 4 aromatic carbocycles. The Kier molecular flexibility index (Phi) is 7.52. The molecule has 8 heteroatoms. The van der Waals surface area contributed by atoms with Crippen LogP contribution in [0.4, 0.5) is 5.69 Å². The van der Waals surface area contributed by atoms with Gasteiger partial charge in [-0.05, 0) is 85.8 Å². The molecule has 1 aromatic heterocycles. The van der Waals surface area contributed by atoms with Crippen LogP contribution in [0.5, 0.6) is 23.0 Å². The monoisotopic (exact) mass is 539 g/mol. The van der Waals surface area contributed by atoms with Crippen LogP contribution in [0.3, 0.4) is 0 Å². The van der Waals surface area contributed by atoms with Crippen molar-refractivity contribution in [2.24, 2.45) is 4.99 Å². The van der Waals surface area contributed by atoms with Gasteiger partial charge in [-0.15, -0.1) is 0 Å². The molecule has 39 heavy (non-hydrogen) atoms. The van der Waals surface area contributed by atoms with Gasteiger partial charge in [0, 0.05) is 10.6 Å². The van der Waals surface area contributed by atoms with Crippen molar-refractivity contribution in [3.63, 3.8) is 0 Å². The number of hydrogen-bond donors (Lipinski definition) is 1. The van der Waals surface area contributed by atoms with Crippen LogP contribution in [0.15, 0.2) is 107 Å². The van der Waals surface area contributed by atoms with E-state index in [0.717, 1.165) is 5.56 Å². The number of aliphatic imine (C=N–C) groups is 1. The lowest BCUT2D eigenvalue weighted by atomic mass is 10.0. The first-order valence-corrected chi connectivity index (χ1v) is 12.6. The van der Waals surface area contributed by atoms with Crippen molar-refractivity contribution < 1.29 is 14.2 Å². The number of hydrogen-bond acceptors (Lipinski definition) is 5. The van der Waals surface area contributed by atoms with Gasteiger partial charge < -0.3 is 14.2 Å². The summed E-state index contributed by atoms with van der Waals surface area (Å²) in [6.07, 6.45) is 0. The van der Waals surface area contributed by atoms with Crippen LogP contribution in [0, 0.1) is 0 Å². The quantitative estimate of drug-likeness (QED) is 0.208. The Morgan fingerprint density at radius 2 is 1.46 bits per heavy atom. The average molecular weight is 540 g/mol. The fourth-order valence-electron chi connectivity index (χ4n) is 4.17. The maximum atomic E-state index is 13.9. The zero-order valence-corrected chi connectivity index (χ0v) is 22.4. The Bertz CT molecular complexity index is 1670. The highest BCUT2D eigenvalue weighted by Crippen LogP contribution is 2.35. The molecule has 0 fully saturated rings. The topological polar surface area (TPSA) is 77.8 Å². The van der Waals surface area contributed by atoms with Crippen molar-refractivity contribution in [1.29, 1.82) is 0 Å². The lowest BCUT2D eigenvalue weighted by molar-refractivity contribution is 0.414. The normalized spacial score (nSPS) is 11.3. The third-order valence-electron chi connectivity index (χ3n) is 6.14. The summed E-state index contributed by atoms with van der Waals surface area (Å²) in [5, 5.41) is 3.78. The number of halogens is 1. The summed E-state index contributed by atoms with van der Waals surface area (Å²) in [5.74, 6) is 2.58. The number of aromatic nitrogens is 2. The second-order valence-corrected chi connectivity index (χ2v) is 9.09. The number of nitrogens with one attached hydrogen (secondary N) is 1. The molecular formula is C31H26ClN3O4. The summed E-state index contributed by atoms with van der Waals surface area (Å²) < 4.78 is 18.2. The van der Waals surface area contributed by atoms with Crippen LogP contribution < -0.4 is 19.8 Å². The maximum Gasteiger partial charge on any atom is 0.280 e. The first kappa shape index (κ1) is 25.9. The predicted molar refractivity (Wildman–Crippen MR) is 155 cm³/mol. The van der Waals surface area contributed by atoms with Crippen molar-refractivity contribution >= 4 is 23.0 Å². The molecule has 0 amide bonds. The van der Waals surface area contributed by atoms with Crippen LogP contribution >= 0.6 is 11.6 Å². The molecule has 0 atom stereocenters. The van der Waals surface area contributed by atoms with Gasteiger partial charge >= 0.3 is 0 Å². The molecule has 1 heterocycles. The van der Waals surface area contributed by atoms with E-state index in [1.807, 2.05) is 66.7 Å². The molecule has 0 unspecified atom stereocenters. The minimum absolute atomic E-state index is 0.250. The van der Waals surface area contributed by atoms with Crippen molar-refractivity contribution in [1.82, 2.24) is 9.78 Å². The summed E-state index contributed by atoms with van der Waals surface area (Å²) in [4.78, 5) is 18.7. The molecule has 5 rings (SSSR count). The number of ether oxygens (including phenoxy) is 3. The third-order valence-corrected chi connectivity index (χ3v) is 6.38. The van der Waals surface area contributed by atoms with Gasteiger partial charge in [-0.2, -0.15) is 0 Å². The number of H-pyrrole nitrogens is 1.